The molecule has 0 spiro atoms. The number of thioether (sulfide) groups is 1. The summed E-state index contributed by atoms with van der Waals surface area (Å²) in [7, 11) is 0. The van der Waals surface area contributed by atoms with Crippen LogP contribution in [0.1, 0.15) is 18.1 Å². The standard InChI is InChI=1S/C23H22N2O6S/c1-3-30-21(27)14-31-17-10-8-16(9-11-17)12-19-22(28)25(23(29)32-19)13-20(26)24-18-7-5-4-6-15(18)2/h4-12H,3,13-14H2,1-2H3,(H,24,26)/b19-12-. The van der Waals surface area contributed by atoms with Crippen LogP contribution in [-0.4, -0.2) is 47.7 Å². The Morgan fingerprint density at radius 3 is 2.50 bits per heavy atom. The third-order valence-electron chi connectivity index (χ3n) is 4.43. The van der Waals surface area contributed by atoms with Crippen LogP contribution in [0, 0.1) is 6.92 Å². The van der Waals surface area contributed by atoms with E-state index in [0.29, 0.717) is 17.0 Å². The number of nitrogens with one attached hydrogen (secondary N) is 1. The molecule has 0 saturated carbocycles. The normalized spacial score (nSPS) is 14.6. The summed E-state index contributed by atoms with van der Waals surface area (Å²) in [6, 6.07) is 13.9. The van der Waals surface area contributed by atoms with E-state index in [1.165, 1.54) is 0 Å². The van der Waals surface area contributed by atoms with Gasteiger partial charge >= 0.3 is 5.97 Å². The van der Waals surface area contributed by atoms with Crippen LogP contribution in [0.5, 0.6) is 5.75 Å². The van der Waals surface area contributed by atoms with E-state index < -0.39 is 23.0 Å². The number of carbonyl (C=O) groups is 4. The minimum Gasteiger partial charge on any atom is -0.482 e. The predicted molar refractivity (Wildman–Crippen MR) is 121 cm³/mol. The molecule has 0 atom stereocenters. The molecule has 1 N–H and O–H groups in total. The molecule has 0 radical (unpaired) electrons. The molecule has 2 aromatic rings. The Morgan fingerprint density at radius 1 is 1.09 bits per heavy atom. The van der Waals surface area contributed by atoms with Crippen LogP contribution in [0.3, 0.4) is 0 Å². The fourth-order valence-corrected chi connectivity index (χ4v) is 3.68. The fourth-order valence-electron chi connectivity index (χ4n) is 2.84. The Hall–Kier alpha value is -3.59. The molecule has 1 fully saturated rings. The first-order valence-corrected chi connectivity index (χ1v) is 10.7. The average molecular weight is 455 g/mol. The number of carbonyl (C=O) groups excluding carboxylic acids is 4. The van der Waals surface area contributed by atoms with Gasteiger partial charge in [-0.25, -0.2) is 4.79 Å². The Morgan fingerprint density at radius 2 is 1.81 bits per heavy atom. The number of nitrogens with zero attached hydrogens (tertiary/aromatic N) is 1. The van der Waals surface area contributed by atoms with E-state index in [1.807, 2.05) is 19.1 Å². The molecule has 3 amide bonds. The van der Waals surface area contributed by atoms with Crippen LogP contribution in [-0.2, 0) is 19.1 Å². The van der Waals surface area contributed by atoms with Crippen LogP contribution in [0.4, 0.5) is 10.5 Å². The van der Waals surface area contributed by atoms with Crippen LogP contribution < -0.4 is 10.1 Å². The summed E-state index contributed by atoms with van der Waals surface area (Å²) < 4.78 is 10.1. The second-order valence-electron chi connectivity index (χ2n) is 6.79. The molecule has 1 heterocycles. The number of para-hydroxylation sites is 1. The molecule has 166 valence electrons. The van der Waals surface area contributed by atoms with Crippen LogP contribution in [0.25, 0.3) is 6.08 Å². The van der Waals surface area contributed by atoms with E-state index in [-0.39, 0.29) is 24.7 Å². The number of imide groups is 1. The molecule has 1 aliphatic rings. The lowest BCUT2D eigenvalue weighted by Gasteiger charge is -2.13. The van der Waals surface area contributed by atoms with Gasteiger partial charge in [-0.15, -0.1) is 0 Å². The van der Waals surface area contributed by atoms with E-state index in [2.05, 4.69) is 5.32 Å². The third kappa shape index (κ3) is 5.98. The number of hydrogen-bond donors (Lipinski definition) is 1. The molecule has 0 aromatic heterocycles. The second-order valence-corrected chi connectivity index (χ2v) is 7.79. The van der Waals surface area contributed by atoms with Crippen molar-refractivity contribution in [2.24, 2.45) is 0 Å². The molecule has 0 aliphatic carbocycles. The molecule has 1 aliphatic heterocycles. The van der Waals surface area contributed by atoms with Crippen molar-refractivity contribution in [1.29, 1.82) is 0 Å². The second kappa shape index (κ2) is 10.6. The quantitative estimate of drug-likeness (QED) is 0.480. The number of ether oxygens (including phenoxy) is 2. The van der Waals surface area contributed by atoms with Gasteiger partial charge in [0.2, 0.25) is 5.91 Å². The zero-order valence-electron chi connectivity index (χ0n) is 17.6. The van der Waals surface area contributed by atoms with Crippen molar-refractivity contribution in [2.75, 3.05) is 25.1 Å². The number of amides is 3. The summed E-state index contributed by atoms with van der Waals surface area (Å²) in [5.41, 5.74) is 2.18. The number of anilines is 1. The van der Waals surface area contributed by atoms with Gasteiger partial charge < -0.3 is 14.8 Å². The first-order valence-electron chi connectivity index (χ1n) is 9.86. The lowest BCUT2D eigenvalue weighted by Crippen LogP contribution is -2.36. The van der Waals surface area contributed by atoms with Crippen molar-refractivity contribution in [3.8, 4) is 5.75 Å². The van der Waals surface area contributed by atoms with Crippen molar-refractivity contribution >= 4 is 46.5 Å². The SMILES string of the molecule is CCOC(=O)COc1ccc(/C=C2\SC(=O)N(CC(=O)Nc3ccccc3C)C2=O)cc1. The third-order valence-corrected chi connectivity index (χ3v) is 5.34. The summed E-state index contributed by atoms with van der Waals surface area (Å²) in [6.07, 6.45) is 1.57. The van der Waals surface area contributed by atoms with Crippen molar-refractivity contribution in [1.82, 2.24) is 4.90 Å². The summed E-state index contributed by atoms with van der Waals surface area (Å²) in [5, 5.41) is 2.21. The van der Waals surface area contributed by atoms with Gasteiger partial charge in [-0.3, -0.25) is 19.3 Å². The number of rotatable bonds is 8. The van der Waals surface area contributed by atoms with Crippen molar-refractivity contribution in [3.63, 3.8) is 0 Å². The first kappa shape index (κ1) is 23.1. The van der Waals surface area contributed by atoms with E-state index in [4.69, 9.17) is 9.47 Å². The van der Waals surface area contributed by atoms with Gasteiger partial charge in [-0.2, -0.15) is 0 Å². The Balaban J connectivity index is 1.60. The van der Waals surface area contributed by atoms with Gasteiger partial charge in [0.05, 0.1) is 11.5 Å². The zero-order chi connectivity index (χ0) is 23.1. The largest absolute Gasteiger partial charge is 0.482 e. The highest BCUT2D eigenvalue weighted by Crippen LogP contribution is 2.32. The van der Waals surface area contributed by atoms with Gasteiger partial charge in [0.15, 0.2) is 6.61 Å². The molecule has 0 bridgehead atoms. The molecular weight excluding hydrogens is 432 g/mol. The van der Waals surface area contributed by atoms with Crippen molar-refractivity contribution in [3.05, 3.63) is 64.6 Å². The smallest absolute Gasteiger partial charge is 0.344 e. The van der Waals surface area contributed by atoms with Gasteiger partial charge in [-0.05, 0) is 61.0 Å². The highest BCUT2D eigenvalue weighted by atomic mass is 32.2. The zero-order valence-corrected chi connectivity index (χ0v) is 18.4. The molecule has 8 nitrogen and oxygen atoms in total. The van der Waals surface area contributed by atoms with Crippen LogP contribution in [0.2, 0.25) is 0 Å². The van der Waals surface area contributed by atoms with E-state index in [0.717, 1.165) is 22.2 Å². The lowest BCUT2D eigenvalue weighted by atomic mass is 10.2. The number of hydrogen-bond acceptors (Lipinski definition) is 7. The fraction of sp³-hybridized carbons (Fsp3) is 0.217. The lowest BCUT2D eigenvalue weighted by molar-refractivity contribution is -0.145. The Kier molecular flexibility index (Phi) is 7.67. The summed E-state index contributed by atoms with van der Waals surface area (Å²) in [5.74, 6) is -0.971. The Labute approximate surface area is 189 Å². The monoisotopic (exact) mass is 454 g/mol. The molecule has 1 saturated heterocycles. The first-order chi connectivity index (χ1) is 15.4. The summed E-state index contributed by atoms with van der Waals surface area (Å²) >= 11 is 0.778. The maximum absolute atomic E-state index is 12.6. The van der Waals surface area contributed by atoms with Crippen LogP contribution >= 0.6 is 11.8 Å². The molecule has 9 heteroatoms. The highest BCUT2D eigenvalue weighted by Gasteiger charge is 2.36. The van der Waals surface area contributed by atoms with Crippen molar-refractivity contribution < 1.29 is 28.7 Å². The van der Waals surface area contributed by atoms with E-state index >= 15 is 0 Å². The maximum atomic E-state index is 12.6. The molecule has 2 aromatic carbocycles. The Bertz CT molecular complexity index is 1060. The minimum absolute atomic E-state index is 0.198. The number of esters is 1. The van der Waals surface area contributed by atoms with E-state index in [1.54, 1.807) is 49.4 Å². The van der Waals surface area contributed by atoms with Gasteiger partial charge in [-0.1, -0.05) is 30.3 Å². The summed E-state index contributed by atoms with van der Waals surface area (Å²) in [4.78, 5) is 49.7. The minimum atomic E-state index is -0.525. The van der Waals surface area contributed by atoms with Gasteiger partial charge in [0, 0.05) is 5.69 Å². The maximum Gasteiger partial charge on any atom is 0.344 e. The highest BCUT2D eigenvalue weighted by molar-refractivity contribution is 8.18. The van der Waals surface area contributed by atoms with Crippen molar-refractivity contribution in [2.45, 2.75) is 13.8 Å². The van der Waals surface area contributed by atoms with Gasteiger partial charge in [0.1, 0.15) is 12.3 Å². The summed E-state index contributed by atoms with van der Waals surface area (Å²) in [6.45, 7) is 3.29. The van der Waals surface area contributed by atoms with Gasteiger partial charge in [0.25, 0.3) is 11.1 Å². The van der Waals surface area contributed by atoms with Crippen LogP contribution in [0.15, 0.2) is 53.4 Å². The molecule has 32 heavy (non-hydrogen) atoms. The average Bonchev–Trinajstić information content (AvgIpc) is 3.02. The predicted octanol–water partition coefficient (Wildman–Crippen LogP) is 3.61. The van der Waals surface area contributed by atoms with E-state index in [9.17, 15) is 19.2 Å². The topological polar surface area (TPSA) is 102 Å². The molecular formula is C23H22N2O6S. The number of aryl methyl sites for hydroxylation is 1. The number of benzene rings is 2. The molecule has 0 unspecified atom stereocenters. The molecule has 3 rings (SSSR count).